The monoisotopic (exact) mass is 158 g/mol. The smallest absolute Gasteiger partial charge is 0.330 e. The molecule has 0 aromatic carbocycles. The molecule has 0 unspecified atom stereocenters. The third-order valence-electron chi connectivity index (χ3n) is 0.984. The molecule has 0 aromatic rings. The van der Waals surface area contributed by atoms with Crippen molar-refractivity contribution < 1.29 is 14.3 Å². The van der Waals surface area contributed by atoms with Crippen molar-refractivity contribution in [2.24, 2.45) is 0 Å². The number of hydrogen-bond donors (Lipinski definition) is 0. The number of hydrogen-bond acceptors (Lipinski definition) is 3. The van der Waals surface area contributed by atoms with Crippen molar-refractivity contribution in [3.05, 3.63) is 12.2 Å². The van der Waals surface area contributed by atoms with E-state index >= 15 is 0 Å². The predicted molar refractivity (Wildman–Crippen MR) is 42.3 cm³/mol. The van der Waals surface area contributed by atoms with Crippen LogP contribution in [0.15, 0.2) is 12.2 Å². The molecule has 1 aliphatic rings. The highest BCUT2D eigenvalue weighted by Gasteiger charge is 1.98. The second-order valence-electron chi connectivity index (χ2n) is 1.81. The summed E-state index contributed by atoms with van der Waals surface area (Å²) in [5.74, 6) is -0.227. The molecule has 1 heterocycles. The van der Waals surface area contributed by atoms with Gasteiger partial charge in [0.05, 0.1) is 0 Å². The highest BCUT2D eigenvalue weighted by atomic mass is 16.5. The predicted octanol–water partition coefficient (Wildman–Crippen LogP) is 1.14. The Bertz CT molecular complexity index is 127. The van der Waals surface area contributed by atoms with Gasteiger partial charge >= 0.3 is 5.97 Å². The summed E-state index contributed by atoms with van der Waals surface area (Å²) in [7, 11) is 0. The Balaban J connectivity index is 0.000000187. The number of cyclic esters (lactones) is 1. The van der Waals surface area contributed by atoms with Crippen molar-refractivity contribution in [2.75, 3.05) is 19.8 Å². The van der Waals surface area contributed by atoms with Gasteiger partial charge in [-0.25, -0.2) is 4.79 Å². The molecule has 0 amide bonds. The SMILES string of the molecule is CCOCC.O=C1C=CCO1. The van der Waals surface area contributed by atoms with E-state index in [2.05, 4.69) is 4.74 Å². The molecule has 1 aliphatic heterocycles. The lowest BCUT2D eigenvalue weighted by molar-refractivity contribution is -0.134. The van der Waals surface area contributed by atoms with E-state index in [9.17, 15) is 4.79 Å². The van der Waals surface area contributed by atoms with Crippen molar-refractivity contribution in [1.82, 2.24) is 0 Å². The highest BCUT2D eigenvalue weighted by Crippen LogP contribution is 1.89. The van der Waals surface area contributed by atoms with Crippen LogP contribution in [-0.2, 0) is 14.3 Å². The van der Waals surface area contributed by atoms with Gasteiger partial charge in [0.2, 0.25) is 0 Å². The molecule has 1 rings (SSSR count). The zero-order valence-electron chi connectivity index (χ0n) is 7.00. The number of ether oxygens (including phenoxy) is 2. The molecule has 64 valence electrons. The molecule has 0 saturated heterocycles. The minimum atomic E-state index is -0.227. The maximum absolute atomic E-state index is 9.93. The average molecular weight is 158 g/mol. The standard InChI is InChI=1S/C4H4O2.C4H10O/c5-4-2-1-3-6-4;1-3-5-4-2/h1-2H,3H2;3-4H2,1-2H3. The van der Waals surface area contributed by atoms with Gasteiger partial charge in [0, 0.05) is 19.3 Å². The largest absolute Gasteiger partial charge is 0.458 e. The first-order valence-corrected chi connectivity index (χ1v) is 3.72. The van der Waals surface area contributed by atoms with Crippen molar-refractivity contribution in [1.29, 1.82) is 0 Å². The second-order valence-corrected chi connectivity index (χ2v) is 1.81. The Morgan fingerprint density at radius 1 is 1.55 bits per heavy atom. The van der Waals surface area contributed by atoms with Crippen LogP contribution < -0.4 is 0 Å². The summed E-state index contributed by atoms with van der Waals surface area (Å²) in [6, 6.07) is 0. The molecule has 0 bridgehead atoms. The topological polar surface area (TPSA) is 35.5 Å². The van der Waals surface area contributed by atoms with Gasteiger partial charge in [0.1, 0.15) is 6.61 Å². The molecule has 0 aliphatic carbocycles. The van der Waals surface area contributed by atoms with Crippen LogP contribution in [0, 0.1) is 0 Å². The lowest BCUT2D eigenvalue weighted by Crippen LogP contribution is -1.89. The lowest BCUT2D eigenvalue weighted by atomic mass is 10.6. The molecule has 3 nitrogen and oxygen atoms in total. The summed E-state index contributed by atoms with van der Waals surface area (Å²) in [6.45, 7) is 6.12. The summed E-state index contributed by atoms with van der Waals surface area (Å²) in [6.07, 6.45) is 3.10. The van der Waals surface area contributed by atoms with E-state index < -0.39 is 0 Å². The molecule has 0 fully saturated rings. The van der Waals surface area contributed by atoms with Gasteiger partial charge in [-0.2, -0.15) is 0 Å². The molecule has 0 radical (unpaired) electrons. The van der Waals surface area contributed by atoms with Gasteiger partial charge in [-0.3, -0.25) is 0 Å². The van der Waals surface area contributed by atoms with Crippen molar-refractivity contribution in [3.63, 3.8) is 0 Å². The highest BCUT2D eigenvalue weighted by molar-refractivity contribution is 5.83. The van der Waals surface area contributed by atoms with Crippen LogP contribution in [0.1, 0.15) is 13.8 Å². The third-order valence-corrected chi connectivity index (χ3v) is 0.984. The molecular weight excluding hydrogens is 144 g/mol. The maximum atomic E-state index is 9.93. The molecule has 0 atom stereocenters. The Hall–Kier alpha value is -0.830. The van der Waals surface area contributed by atoms with Gasteiger partial charge in [-0.1, -0.05) is 0 Å². The van der Waals surface area contributed by atoms with Crippen LogP contribution in [-0.4, -0.2) is 25.8 Å². The van der Waals surface area contributed by atoms with Gasteiger partial charge in [0.15, 0.2) is 0 Å². The van der Waals surface area contributed by atoms with Crippen molar-refractivity contribution in [3.8, 4) is 0 Å². The zero-order chi connectivity index (χ0) is 8.53. The second kappa shape index (κ2) is 7.28. The van der Waals surface area contributed by atoms with Crippen molar-refractivity contribution >= 4 is 5.97 Å². The first-order chi connectivity index (χ1) is 5.31. The summed E-state index contributed by atoms with van der Waals surface area (Å²) >= 11 is 0. The number of esters is 1. The minimum Gasteiger partial charge on any atom is -0.458 e. The average Bonchev–Trinajstić information content (AvgIpc) is 2.43. The molecule has 0 aromatic heterocycles. The Morgan fingerprint density at radius 2 is 2.18 bits per heavy atom. The van der Waals surface area contributed by atoms with Crippen LogP contribution in [0.5, 0.6) is 0 Å². The molecule has 0 spiro atoms. The van der Waals surface area contributed by atoms with E-state index in [1.54, 1.807) is 6.08 Å². The molecule has 0 saturated carbocycles. The third kappa shape index (κ3) is 7.06. The Morgan fingerprint density at radius 3 is 2.27 bits per heavy atom. The van der Waals surface area contributed by atoms with E-state index in [1.165, 1.54) is 6.08 Å². The van der Waals surface area contributed by atoms with E-state index in [0.29, 0.717) is 6.61 Å². The molecule has 3 heteroatoms. The molecular formula is C8H14O3. The summed E-state index contributed by atoms with van der Waals surface area (Å²) in [5, 5.41) is 0. The first kappa shape index (κ1) is 10.2. The fourth-order valence-electron chi connectivity index (χ4n) is 0.527. The van der Waals surface area contributed by atoms with E-state index in [0.717, 1.165) is 13.2 Å². The maximum Gasteiger partial charge on any atom is 0.330 e. The van der Waals surface area contributed by atoms with Gasteiger partial charge in [-0.05, 0) is 19.9 Å². The van der Waals surface area contributed by atoms with Crippen LogP contribution >= 0.6 is 0 Å². The summed E-state index contributed by atoms with van der Waals surface area (Å²) in [4.78, 5) is 9.93. The fourth-order valence-corrected chi connectivity index (χ4v) is 0.527. The Kier molecular flexibility index (Phi) is 6.73. The lowest BCUT2D eigenvalue weighted by Gasteiger charge is -1.86. The fraction of sp³-hybridized carbons (Fsp3) is 0.625. The van der Waals surface area contributed by atoms with E-state index in [4.69, 9.17) is 4.74 Å². The molecule has 11 heavy (non-hydrogen) atoms. The Labute approximate surface area is 67.0 Å². The van der Waals surface area contributed by atoms with Crippen LogP contribution in [0.25, 0.3) is 0 Å². The van der Waals surface area contributed by atoms with E-state index in [1.807, 2.05) is 13.8 Å². The van der Waals surface area contributed by atoms with Crippen molar-refractivity contribution in [2.45, 2.75) is 13.8 Å². The van der Waals surface area contributed by atoms with Gasteiger partial charge in [0.25, 0.3) is 0 Å². The van der Waals surface area contributed by atoms with Gasteiger partial charge in [-0.15, -0.1) is 0 Å². The summed E-state index contributed by atoms with van der Waals surface area (Å²) < 4.78 is 9.24. The minimum absolute atomic E-state index is 0.227. The van der Waals surface area contributed by atoms with Crippen LogP contribution in [0.2, 0.25) is 0 Å². The normalized spacial score (nSPS) is 13.8. The van der Waals surface area contributed by atoms with E-state index in [-0.39, 0.29) is 5.97 Å². The number of carbonyl (C=O) groups is 1. The number of carbonyl (C=O) groups excluding carboxylic acids is 1. The number of rotatable bonds is 2. The van der Waals surface area contributed by atoms with Gasteiger partial charge < -0.3 is 9.47 Å². The molecule has 0 N–H and O–H groups in total. The quantitative estimate of drug-likeness (QED) is 0.565. The first-order valence-electron chi connectivity index (χ1n) is 3.72. The van der Waals surface area contributed by atoms with Crippen LogP contribution in [0.3, 0.4) is 0 Å². The zero-order valence-corrected chi connectivity index (χ0v) is 7.00. The summed E-state index contributed by atoms with van der Waals surface area (Å²) in [5.41, 5.74) is 0. The van der Waals surface area contributed by atoms with Crippen LogP contribution in [0.4, 0.5) is 0 Å².